The summed E-state index contributed by atoms with van der Waals surface area (Å²) in [4.78, 5) is 28.1. The molecule has 0 aliphatic carbocycles. The zero-order valence-corrected chi connectivity index (χ0v) is 18.9. The van der Waals surface area contributed by atoms with Crippen molar-refractivity contribution in [1.82, 2.24) is 15.5 Å². The third-order valence-electron chi connectivity index (χ3n) is 6.12. The van der Waals surface area contributed by atoms with Crippen molar-refractivity contribution < 1.29 is 9.59 Å². The molecule has 0 saturated carbocycles. The number of carbonyl (C=O) groups is 2. The minimum absolute atomic E-state index is 0.0896. The summed E-state index contributed by atoms with van der Waals surface area (Å²) in [6.45, 7) is 3.68. The molecular weight excluding hydrogens is 410 g/mol. The molecule has 1 unspecified atom stereocenters. The van der Waals surface area contributed by atoms with Crippen molar-refractivity contribution in [2.24, 2.45) is 0 Å². The Morgan fingerprint density at radius 1 is 0.788 bits per heavy atom. The summed E-state index contributed by atoms with van der Waals surface area (Å²) in [5.41, 5.74) is 3.89. The van der Waals surface area contributed by atoms with E-state index >= 15 is 0 Å². The van der Waals surface area contributed by atoms with E-state index in [1.807, 2.05) is 54.6 Å². The summed E-state index contributed by atoms with van der Waals surface area (Å²) in [6, 6.07) is 26.6. The number of hydrogen-bond acceptors (Lipinski definition) is 3. The molecule has 1 aliphatic heterocycles. The van der Waals surface area contributed by atoms with E-state index in [1.54, 1.807) is 12.1 Å². The van der Waals surface area contributed by atoms with Gasteiger partial charge >= 0.3 is 0 Å². The number of hydrogen-bond donors (Lipinski definition) is 2. The van der Waals surface area contributed by atoms with Crippen LogP contribution in [0.2, 0.25) is 0 Å². The molecule has 3 aromatic rings. The maximum absolute atomic E-state index is 12.9. The molecule has 1 aliphatic rings. The molecule has 5 heteroatoms. The van der Waals surface area contributed by atoms with Crippen LogP contribution in [0.3, 0.4) is 0 Å². The Morgan fingerprint density at radius 3 is 2.09 bits per heavy atom. The second-order valence-electron chi connectivity index (χ2n) is 8.54. The van der Waals surface area contributed by atoms with Crippen LogP contribution in [0.4, 0.5) is 0 Å². The molecule has 2 amide bonds. The number of carbonyl (C=O) groups excluding carboxylic acids is 2. The van der Waals surface area contributed by atoms with Gasteiger partial charge in [-0.1, -0.05) is 72.8 Å². The van der Waals surface area contributed by atoms with Crippen molar-refractivity contribution in [2.75, 3.05) is 13.1 Å². The third-order valence-corrected chi connectivity index (χ3v) is 6.12. The van der Waals surface area contributed by atoms with Crippen LogP contribution < -0.4 is 10.6 Å². The fourth-order valence-electron chi connectivity index (χ4n) is 4.29. The summed E-state index contributed by atoms with van der Waals surface area (Å²) >= 11 is 0. The second-order valence-corrected chi connectivity index (χ2v) is 8.54. The van der Waals surface area contributed by atoms with Crippen LogP contribution in [0.5, 0.6) is 0 Å². The van der Waals surface area contributed by atoms with Crippen molar-refractivity contribution in [3.8, 4) is 0 Å². The topological polar surface area (TPSA) is 61.4 Å². The van der Waals surface area contributed by atoms with E-state index in [1.165, 1.54) is 18.4 Å². The van der Waals surface area contributed by atoms with Crippen LogP contribution in [0.1, 0.15) is 52.4 Å². The third kappa shape index (κ3) is 6.53. The summed E-state index contributed by atoms with van der Waals surface area (Å²) in [7, 11) is 0. The molecular formula is C28H31N3O2. The molecule has 33 heavy (non-hydrogen) atoms. The lowest BCUT2D eigenvalue weighted by Gasteiger charge is -2.20. The number of nitrogens with zero attached hydrogens (tertiary/aromatic N) is 1. The molecule has 0 spiro atoms. The molecule has 1 atom stereocenters. The van der Waals surface area contributed by atoms with Gasteiger partial charge in [0.25, 0.3) is 5.91 Å². The van der Waals surface area contributed by atoms with Gasteiger partial charge in [0, 0.05) is 18.7 Å². The minimum atomic E-state index is -0.404. The van der Waals surface area contributed by atoms with Crippen LogP contribution in [0.15, 0.2) is 84.9 Å². The van der Waals surface area contributed by atoms with Gasteiger partial charge < -0.3 is 10.6 Å². The normalized spacial score (nSPS) is 14.5. The number of benzene rings is 3. The summed E-state index contributed by atoms with van der Waals surface area (Å²) < 4.78 is 0. The SMILES string of the molecule is O=C(CC(NC(=O)c1ccccc1)c1ccccc1)NCc1ccccc1CN1CCCC1. The average molecular weight is 442 g/mol. The maximum atomic E-state index is 12.9. The highest BCUT2D eigenvalue weighted by atomic mass is 16.2. The Bertz CT molecular complexity index is 1050. The van der Waals surface area contributed by atoms with Crippen molar-refractivity contribution >= 4 is 11.8 Å². The van der Waals surface area contributed by atoms with E-state index in [9.17, 15) is 9.59 Å². The monoisotopic (exact) mass is 441 g/mol. The van der Waals surface area contributed by atoms with E-state index in [4.69, 9.17) is 0 Å². The Labute approximate surface area is 195 Å². The van der Waals surface area contributed by atoms with Crippen LogP contribution >= 0.6 is 0 Å². The second kappa shape index (κ2) is 11.4. The Morgan fingerprint density at radius 2 is 1.39 bits per heavy atom. The maximum Gasteiger partial charge on any atom is 0.251 e. The number of rotatable bonds is 9. The Balaban J connectivity index is 1.40. The summed E-state index contributed by atoms with van der Waals surface area (Å²) in [6.07, 6.45) is 2.69. The molecule has 3 aromatic carbocycles. The standard InChI is InChI=1S/C28H31N3O2/c32-27(29-20-24-15-7-8-16-25(24)21-31-17-9-10-18-31)19-26(22-11-3-1-4-12-22)30-28(33)23-13-5-2-6-14-23/h1-8,11-16,26H,9-10,17-21H2,(H,29,32)(H,30,33). The van der Waals surface area contributed by atoms with Crippen molar-refractivity contribution in [2.45, 2.75) is 38.4 Å². The van der Waals surface area contributed by atoms with Gasteiger partial charge in [0.1, 0.15) is 0 Å². The van der Waals surface area contributed by atoms with Gasteiger partial charge in [0.15, 0.2) is 0 Å². The van der Waals surface area contributed by atoms with Crippen LogP contribution in [-0.4, -0.2) is 29.8 Å². The molecule has 1 heterocycles. The molecule has 4 rings (SSSR count). The van der Waals surface area contributed by atoms with E-state index in [0.29, 0.717) is 12.1 Å². The lowest BCUT2D eigenvalue weighted by Crippen LogP contribution is -2.33. The summed E-state index contributed by atoms with van der Waals surface area (Å²) in [5.74, 6) is -0.276. The molecule has 0 radical (unpaired) electrons. The van der Waals surface area contributed by atoms with Gasteiger partial charge in [-0.3, -0.25) is 14.5 Å². The van der Waals surface area contributed by atoms with Gasteiger partial charge in [-0.25, -0.2) is 0 Å². The van der Waals surface area contributed by atoms with Crippen molar-refractivity contribution in [1.29, 1.82) is 0 Å². The molecule has 0 aromatic heterocycles. The predicted molar refractivity (Wildman–Crippen MR) is 131 cm³/mol. The number of nitrogens with one attached hydrogen (secondary N) is 2. The van der Waals surface area contributed by atoms with Crippen molar-refractivity contribution in [3.05, 3.63) is 107 Å². The fourth-order valence-corrected chi connectivity index (χ4v) is 4.29. The highest BCUT2D eigenvalue weighted by Crippen LogP contribution is 2.19. The predicted octanol–water partition coefficient (Wildman–Crippen LogP) is 4.46. The number of amides is 2. The summed E-state index contributed by atoms with van der Waals surface area (Å²) in [5, 5.41) is 6.10. The zero-order valence-electron chi connectivity index (χ0n) is 18.9. The van der Waals surface area contributed by atoms with E-state index in [0.717, 1.165) is 30.8 Å². The van der Waals surface area contributed by atoms with E-state index in [2.05, 4.69) is 33.7 Å². The minimum Gasteiger partial charge on any atom is -0.352 e. The number of likely N-dealkylation sites (tertiary alicyclic amines) is 1. The lowest BCUT2D eigenvalue weighted by atomic mass is 10.0. The molecule has 1 fully saturated rings. The van der Waals surface area contributed by atoms with Crippen molar-refractivity contribution in [3.63, 3.8) is 0 Å². The van der Waals surface area contributed by atoms with Gasteiger partial charge in [0.05, 0.1) is 12.5 Å². The van der Waals surface area contributed by atoms with Gasteiger partial charge in [-0.15, -0.1) is 0 Å². The van der Waals surface area contributed by atoms with Crippen LogP contribution in [-0.2, 0) is 17.9 Å². The average Bonchev–Trinajstić information content (AvgIpc) is 3.37. The van der Waals surface area contributed by atoms with Gasteiger partial charge in [0.2, 0.25) is 5.91 Å². The molecule has 5 nitrogen and oxygen atoms in total. The Hall–Kier alpha value is -3.44. The zero-order chi connectivity index (χ0) is 22.9. The first-order valence-corrected chi connectivity index (χ1v) is 11.7. The lowest BCUT2D eigenvalue weighted by molar-refractivity contribution is -0.121. The Kier molecular flexibility index (Phi) is 7.88. The van der Waals surface area contributed by atoms with Crippen LogP contribution in [0, 0.1) is 0 Å². The molecule has 0 bridgehead atoms. The van der Waals surface area contributed by atoms with E-state index < -0.39 is 6.04 Å². The smallest absolute Gasteiger partial charge is 0.251 e. The molecule has 2 N–H and O–H groups in total. The highest BCUT2D eigenvalue weighted by Gasteiger charge is 2.20. The first-order chi connectivity index (χ1) is 16.2. The molecule has 1 saturated heterocycles. The van der Waals surface area contributed by atoms with Crippen LogP contribution in [0.25, 0.3) is 0 Å². The largest absolute Gasteiger partial charge is 0.352 e. The highest BCUT2D eigenvalue weighted by molar-refractivity contribution is 5.94. The first kappa shape index (κ1) is 22.7. The van der Waals surface area contributed by atoms with E-state index in [-0.39, 0.29) is 18.2 Å². The molecule has 170 valence electrons. The van der Waals surface area contributed by atoms with Gasteiger partial charge in [-0.2, -0.15) is 0 Å². The van der Waals surface area contributed by atoms with Gasteiger partial charge in [-0.05, 0) is 54.8 Å². The fraction of sp³-hybridized carbons (Fsp3) is 0.286. The quantitative estimate of drug-likeness (QED) is 0.515. The first-order valence-electron chi connectivity index (χ1n) is 11.7.